The van der Waals surface area contributed by atoms with Crippen LogP contribution in [0, 0.1) is 5.92 Å². The monoisotopic (exact) mass is 186 g/mol. The van der Waals surface area contributed by atoms with Gasteiger partial charge in [0.25, 0.3) is 0 Å². The Morgan fingerprint density at radius 2 is 2.23 bits per heavy atom. The van der Waals surface area contributed by atoms with Gasteiger partial charge in [0.15, 0.2) is 0 Å². The molecule has 0 radical (unpaired) electrons. The second-order valence-corrected chi connectivity index (χ2v) is 3.91. The summed E-state index contributed by atoms with van der Waals surface area (Å²) in [5.74, 6) is 0.457. The predicted molar refractivity (Wildman–Crippen MR) is 50.4 cm³/mol. The Kier molecular flexibility index (Phi) is 3.54. The molecule has 76 valence electrons. The number of nitrogens with one attached hydrogen (secondary N) is 1. The number of rotatable bonds is 2. The van der Waals surface area contributed by atoms with Gasteiger partial charge in [0.2, 0.25) is 0 Å². The third kappa shape index (κ3) is 3.22. The Balaban J connectivity index is 2.16. The second kappa shape index (κ2) is 4.46. The molecule has 1 saturated carbocycles. The topological polar surface area (TPSA) is 52.6 Å². The predicted octanol–water partition coefficient (Wildman–Crippen LogP) is 0.419. The standard InChI is InChI=1S/C9H18N2O2/c1-11(2)9(13)10-6-7-3-4-8(12)5-7/h7-8,12H,3-6H2,1-2H3,(H,10,13). The SMILES string of the molecule is CN(C)C(=O)NCC1CCC(O)C1. The number of urea groups is 1. The molecule has 2 unspecified atom stereocenters. The van der Waals surface area contributed by atoms with Crippen molar-refractivity contribution in [1.82, 2.24) is 10.2 Å². The Labute approximate surface area is 78.9 Å². The van der Waals surface area contributed by atoms with Gasteiger partial charge in [0, 0.05) is 20.6 Å². The molecule has 4 heteroatoms. The molecule has 0 aliphatic heterocycles. The van der Waals surface area contributed by atoms with Crippen molar-refractivity contribution in [3.8, 4) is 0 Å². The quantitative estimate of drug-likeness (QED) is 0.656. The molecule has 2 atom stereocenters. The summed E-state index contributed by atoms with van der Waals surface area (Å²) in [6.45, 7) is 0.689. The molecular weight excluding hydrogens is 168 g/mol. The van der Waals surface area contributed by atoms with Crippen molar-refractivity contribution in [2.45, 2.75) is 25.4 Å². The van der Waals surface area contributed by atoms with Gasteiger partial charge in [-0.2, -0.15) is 0 Å². The molecule has 1 fully saturated rings. The van der Waals surface area contributed by atoms with Crippen molar-refractivity contribution in [3.05, 3.63) is 0 Å². The van der Waals surface area contributed by atoms with E-state index in [0.717, 1.165) is 19.3 Å². The molecule has 2 N–H and O–H groups in total. The smallest absolute Gasteiger partial charge is 0.316 e. The fraction of sp³-hybridized carbons (Fsp3) is 0.889. The summed E-state index contributed by atoms with van der Waals surface area (Å²) in [7, 11) is 3.44. The third-order valence-corrected chi connectivity index (χ3v) is 2.46. The molecule has 13 heavy (non-hydrogen) atoms. The zero-order chi connectivity index (χ0) is 9.84. The molecule has 2 amide bonds. The molecule has 0 heterocycles. The second-order valence-electron chi connectivity index (χ2n) is 3.91. The molecule has 1 aliphatic rings. The minimum absolute atomic E-state index is 0.0543. The Bertz CT molecular complexity index is 182. The van der Waals surface area contributed by atoms with E-state index in [4.69, 9.17) is 0 Å². The first-order valence-electron chi connectivity index (χ1n) is 4.73. The zero-order valence-electron chi connectivity index (χ0n) is 8.29. The van der Waals surface area contributed by atoms with Gasteiger partial charge in [-0.1, -0.05) is 0 Å². The molecule has 4 nitrogen and oxygen atoms in total. The van der Waals surface area contributed by atoms with Crippen LogP contribution >= 0.6 is 0 Å². The lowest BCUT2D eigenvalue weighted by Crippen LogP contribution is -2.37. The first-order valence-corrected chi connectivity index (χ1v) is 4.73. The van der Waals surface area contributed by atoms with Crippen LogP contribution in [0.15, 0.2) is 0 Å². The van der Waals surface area contributed by atoms with Crippen molar-refractivity contribution in [2.24, 2.45) is 5.92 Å². The number of hydrogen-bond donors (Lipinski definition) is 2. The lowest BCUT2D eigenvalue weighted by molar-refractivity contribution is 0.176. The minimum atomic E-state index is -0.152. The molecule has 0 saturated heterocycles. The van der Waals surface area contributed by atoms with Crippen LogP contribution in [0.4, 0.5) is 4.79 Å². The molecule has 0 aromatic carbocycles. The average molecular weight is 186 g/mol. The average Bonchev–Trinajstić information content (AvgIpc) is 2.47. The summed E-state index contributed by atoms with van der Waals surface area (Å²) in [6, 6.07) is -0.0543. The van der Waals surface area contributed by atoms with Crippen LogP contribution < -0.4 is 5.32 Å². The van der Waals surface area contributed by atoms with E-state index in [0.29, 0.717) is 12.5 Å². The number of carbonyl (C=O) groups is 1. The van der Waals surface area contributed by atoms with Gasteiger partial charge in [-0.3, -0.25) is 0 Å². The number of carbonyl (C=O) groups excluding carboxylic acids is 1. The molecule has 1 rings (SSSR count). The minimum Gasteiger partial charge on any atom is -0.393 e. The maximum absolute atomic E-state index is 11.1. The van der Waals surface area contributed by atoms with Gasteiger partial charge in [-0.05, 0) is 25.2 Å². The highest BCUT2D eigenvalue weighted by molar-refractivity contribution is 5.73. The number of hydrogen-bond acceptors (Lipinski definition) is 2. The molecule has 1 aliphatic carbocycles. The van der Waals surface area contributed by atoms with Gasteiger partial charge >= 0.3 is 6.03 Å². The summed E-state index contributed by atoms with van der Waals surface area (Å²) < 4.78 is 0. The largest absolute Gasteiger partial charge is 0.393 e. The highest BCUT2D eigenvalue weighted by Crippen LogP contribution is 2.24. The van der Waals surface area contributed by atoms with E-state index >= 15 is 0 Å². The van der Waals surface area contributed by atoms with Crippen molar-refractivity contribution in [3.63, 3.8) is 0 Å². The number of aliphatic hydroxyl groups excluding tert-OH is 1. The van der Waals surface area contributed by atoms with E-state index in [9.17, 15) is 9.90 Å². The van der Waals surface area contributed by atoms with E-state index in [1.807, 2.05) is 0 Å². The van der Waals surface area contributed by atoms with E-state index in [1.165, 1.54) is 4.90 Å². The van der Waals surface area contributed by atoms with Crippen LogP contribution in [0.3, 0.4) is 0 Å². The first kappa shape index (κ1) is 10.3. The highest BCUT2D eigenvalue weighted by Gasteiger charge is 2.22. The lowest BCUT2D eigenvalue weighted by atomic mass is 10.1. The van der Waals surface area contributed by atoms with E-state index < -0.39 is 0 Å². The number of nitrogens with zero attached hydrogens (tertiary/aromatic N) is 1. The molecule has 0 aromatic heterocycles. The normalized spacial score (nSPS) is 27.3. The Morgan fingerprint density at radius 3 is 2.69 bits per heavy atom. The summed E-state index contributed by atoms with van der Waals surface area (Å²) >= 11 is 0. The van der Waals surface area contributed by atoms with Crippen LogP contribution in [0.2, 0.25) is 0 Å². The maximum Gasteiger partial charge on any atom is 0.316 e. The first-order chi connectivity index (χ1) is 6.09. The summed E-state index contributed by atoms with van der Waals surface area (Å²) in [4.78, 5) is 12.7. The molecular formula is C9H18N2O2. The Morgan fingerprint density at radius 1 is 1.54 bits per heavy atom. The van der Waals surface area contributed by atoms with Crippen LogP contribution in [0.1, 0.15) is 19.3 Å². The van der Waals surface area contributed by atoms with Gasteiger partial charge in [-0.15, -0.1) is 0 Å². The van der Waals surface area contributed by atoms with Crippen molar-refractivity contribution in [2.75, 3.05) is 20.6 Å². The van der Waals surface area contributed by atoms with Crippen LogP contribution in [-0.4, -0.2) is 42.8 Å². The van der Waals surface area contributed by atoms with Crippen molar-refractivity contribution < 1.29 is 9.90 Å². The van der Waals surface area contributed by atoms with Crippen LogP contribution in [-0.2, 0) is 0 Å². The summed E-state index contributed by atoms with van der Waals surface area (Å²) in [6.07, 6.45) is 2.58. The van der Waals surface area contributed by atoms with Crippen molar-refractivity contribution >= 4 is 6.03 Å². The van der Waals surface area contributed by atoms with Crippen molar-refractivity contribution in [1.29, 1.82) is 0 Å². The number of amides is 2. The van der Waals surface area contributed by atoms with Gasteiger partial charge in [-0.25, -0.2) is 4.79 Å². The third-order valence-electron chi connectivity index (χ3n) is 2.46. The van der Waals surface area contributed by atoms with Crippen LogP contribution in [0.25, 0.3) is 0 Å². The van der Waals surface area contributed by atoms with Crippen LogP contribution in [0.5, 0.6) is 0 Å². The zero-order valence-corrected chi connectivity index (χ0v) is 8.29. The highest BCUT2D eigenvalue weighted by atomic mass is 16.3. The lowest BCUT2D eigenvalue weighted by Gasteiger charge is -2.14. The van der Waals surface area contributed by atoms with E-state index in [1.54, 1.807) is 14.1 Å². The molecule has 0 aromatic rings. The van der Waals surface area contributed by atoms with E-state index in [2.05, 4.69) is 5.32 Å². The van der Waals surface area contributed by atoms with Gasteiger partial charge < -0.3 is 15.3 Å². The molecule has 0 bridgehead atoms. The maximum atomic E-state index is 11.1. The fourth-order valence-electron chi connectivity index (χ4n) is 1.62. The summed E-state index contributed by atoms with van der Waals surface area (Å²) in [5, 5.41) is 12.1. The number of aliphatic hydroxyl groups is 1. The van der Waals surface area contributed by atoms with Gasteiger partial charge in [0.1, 0.15) is 0 Å². The molecule has 0 spiro atoms. The van der Waals surface area contributed by atoms with Gasteiger partial charge in [0.05, 0.1) is 6.10 Å². The Hall–Kier alpha value is -0.770. The van der Waals surface area contributed by atoms with E-state index in [-0.39, 0.29) is 12.1 Å². The summed E-state index contributed by atoms with van der Waals surface area (Å²) in [5.41, 5.74) is 0. The fourth-order valence-corrected chi connectivity index (χ4v) is 1.62.